The Bertz CT molecular complexity index is 344. The molecule has 0 aliphatic carbocycles. The quantitative estimate of drug-likeness (QED) is 0.706. The Kier molecular flexibility index (Phi) is 2.86. The molecule has 0 spiro atoms. The van der Waals surface area contributed by atoms with Crippen LogP contribution in [-0.4, -0.2) is 34.9 Å². The number of nitrogens with zero attached hydrogens (tertiary/aromatic N) is 2. The van der Waals surface area contributed by atoms with Crippen LogP contribution in [0.5, 0.6) is 0 Å². The summed E-state index contributed by atoms with van der Waals surface area (Å²) >= 11 is 0. The molecule has 0 aromatic carbocycles. The number of nitrogens with two attached hydrogens (primary N) is 1. The Balaban J connectivity index is 1.91. The number of ether oxygens (including phenoxy) is 1. The van der Waals surface area contributed by atoms with Crippen LogP contribution in [0.1, 0.15) is 6.42 Å². The summed E-state index contributed by atoms with van der Waals surface area (Å²) in [5.41, 5.74) is 5.95. The Hall–Kier alpha value is -1.56. The van der Waals surface area contributed by atoms with Crippen LogP contribution in [0.4, 0.5) is 5.69 Å². The zero-order chi connectivity index (χ0) is 10.7. The van der Waals surface area contributed by atoms with E-state index >= 15 is 0 Å². The van der Waals surface area contributed by atoms with Gasteiger partial charge in [-0.05, 0) is 6.42 Å². The van der Waals surface area contributed by atoms with Gasteiger partial charge in [0, 0.05) is 12.8 Å². The van der Waals surface area contributed by atoms with E-state index in [1.54, 1.807) is 12.4 Å². The number of carbonyl (C=O) groups is 1. The van der Waals surface area contributed by atoms with Gasteiger partial charge in [-0.2, -0.15) is 5.10 Å². The smallest absolute Gasteiger partial charge is 0.239 e. The van der Waals surface area contributed by atoms with Crippen LogP contribution in [0, 0.1) is 0 Å². The maximum absolute atomic E-state index is 10.6. The number of aromatic nitrogens is 2. The van der Waals surface area contributed by atoms with Crippen molar-refractivity contribution in [2.45, 2.75) is 19.0 Å². The Morgan fingerprint density at radius 3 is 3.33 bits per heavy atom. The molecule has 1 saturated heterocycles. The molecule has 1 atom stereocenters. The average Bonchev–Trinajstić information content (AvgIpc) is 2.77. The fourth-order valence-corrected chi connectivity index (χ4v) is 1.57. The summed E-state index contributed by atoms with van der Waals surface area (Å²) in [5.74, 6) is -0.395. The monoisotopic (exact) mass is 210 g/mol. The number of hydrogen-bond donors (Lipinski definition) is 2. The van der Waals surface area contributed by atoms with E-state index in [0.717, 1.165) is 25.3 Å². The van der Waals surface area contributed by atoms with Gasteiger partial charge in [0.2, 0.25) is 5.91 Å². The summed E-state index contributed by atoms with van der Waals surface area (Å²) in [7, 11) is 0. The van der Waals surface area contributed by atoms with Gasteiger partial charge < -0.3 is 15.8 Å². The molecule has 0 radical (unpaired) electrons. The van der Waals surface area contributed by atoms with Crippen molar-refractivity contribution in [2.24, 2.45) is 5.73 Å². The highest BCUT2D eigenvalue weighted by Gasteiger charge is 2.15. The molecule has 1 aliphatic rings. The van der Waals surface area contributed by atoms with E-state index in [4.69, 9.17) is 10.5 Å². The number of amides is 1. The van der Waals surface area contributed by atoms with Gasteiger partial charge in [-0.3, -0.25) is 9.48 Å². The van der Waals surface area contributed by atoms with E-state index in [2.05, 4.69) is 10.4 Å². The van der Waals surface area contributed by atoms with Crippen molar-refractivity contribution in [2.75, 3.05) is 18.5 Å². The van der Waals surface area contributed by atoms with E-state index in [1.807, 2.05) is 0 Å². The van der Waals surface area contributed by atoms with E-state index in [-0.39, 0.29) is 6.54 Å². The second kappa shape index (κ2) is 4.31. The lowest BCUT2D eigenvalue weighted by atomic mass is 10.2. The van der Waals surface area contributed by atoms with Gasteiger partial charge >= 0.3 is 0 Å². The van der Waals surface area contributed by atoms with Crippen molar-refractivity contribution in [1.29, 1.82) is 0 Å². The number of rotatable bonds is 4. The predicted molar refractivity (Wildman–Crippen MR) is 54.3 cm³/mol. The Morgan fingerprint density at radius 1 is 1.80 bits per heavy atom. The first-order valence-corrected chi connectivity index (χ1v) is 4.89. The zero-order valence-electron chi connectivity index (χ0n) is 8.35. The summed E-state index contributed by atoms with van der Waals surface area (Å²) in [5, 5.41) is 7.28. The molecule has 1 unspecified atom stereocenters. The molecule has 6 heteroatoms. The van der Waals surface area contributed by atoms with Crippen molar-refractivity contribution in [3.8, 4) is 0 Å². The topological polar surface area (TPSA) is 82.2 Å². The molecule has 1 amide bonds. The molecule has 2 rings (SSSR count). The molecule has 15 heavy (non-hydrogen) atoms. The minimum atomic E-state index is -0.395. The maximum Gasteiger partial charge on any atom is 0.239 e. The highest BCUT2D eigenvalue weighted by molar-refractivity contribution is 5.73. The first-order chi connectivity index (χ1) is 7.24. The molecule has 6 nitrogen and oxygen atoms in total. The summed E-state index contributed by atoms with van der Waals surface area (Å²) in [6.07, 6.45) is 4.45. The normalized spacial score (nSPS) is 20.4. The number of hydrogen-bond acceptors (Lipinski definition) is 4. The maximum atomic E-state index is 10.6. The van der Waals surface area contributed by atoms with Crippen LogP contribution in [0.3, 0.4) is 0 Å². The van der Waals surface area contributed by atoms with Gasteiger partial charge in [0.05, 0.1) is 24.5 Å². The van der Waals surface area contributed by atoms with Gasteiger partial charge in [0.15, 0.2) is 0 Å². The fourth-order valence-electron chi connectivity index (χ4n) is 1.57. The third-order valence-corrected chi connectivity index (χ3v) is 2.25. The van der Waals surface area contributed by atoms with Gasteiger partial charge in [0.1, 0.15) is 6.54 Å². The van der Waals surface area contributed by atoms with Gasteiger partial charge in [-0.25, -0.2) is 0 Å². The number of nitrogens with one attached hydrogen (secondary N) is 1. The molecule has 1 aromatic heterocycles. The standard InChI is InChI=1S/C9H14N4O2/c10-9(14)5-13-4-8(3-11-13)12-7-1-2-15-6-7/h3-4,7,12H,1-2,5-6H2,(H2,10,14). The molecule has 0 bridgehead atoms. The highest BCUT2D eigenvalue weighted by atomic mass is 16.5. The first-order valence-electron chi connectivity index (χ1n) is 4.89. The largest absolute Gasteiger partial charge is 0.379 e. The predicted octanol–water partition coefficient (Wildman–Crippen LogP) is -0.431. The average molecular weight is 210 g/mol. The zero-order valence-corrected chi connectivity index (χ0v) is 8.35. The van der Waals surface area contributed by atoms with Crippen LogP contribution < -0.4 is 11.1 Å². The Labute approximate surface area is 87.4 Å². The van der Waals surface area contributed by atoms with Crippen LogP contribution in [-0.2, 0) is 16.1 Å². The molecule has 3 N–H and O–H groups in total. The van der Waals surface area contributed by atoms with Crippen LogP contribution in [0.25, 0.3) is 0 Å². The van der Waals surface area contributed by atoms with Crippen molar-refractivity contribution in [1.82, 2.24) is 9.78 Å². The molecule has 1 aliphatic heterocycles. The third kappa shape index (κ3) is 2.69. The lowest BCUT2D eigenvalue weighted by molar-refractivity contribution is -0.118. The number of carbonyl (C=O) groups excluding carboxylic acids is 1. The van der Waals surface area contributed by atoms with E-state index < -0.39 is 5.91 Å². The molecular formula is C9H14N4O2. The summed E-state index contributed by atoms with van der Waals surface area (Å²) in [6, 6.07) is 0.344. The summed E-state index contributed by atoms with van der Waals surface area (Å²) in [6.45, 7) is 1.64. The van der Waals surface area contributed by atoms with E-state index in [0.29, 0.717) is 6.04 Å². The molecular weight excluding hydrogens is 196 g/mol. The molecule has 2 heterocycles. The second-order valence-electron chi connectivity index (χ2n) is 3.60. The van der Waals surface area contributed by atoms with Gasteiger partial charge in [-0.15, -0.1) is 0 Å². The number of primary amides is 1. The summed E-state index contributed by atoms with van der Waals surface area (Å²) in [4.78, 5) is 10.6. The lowest BCUT2D eigenvalue weighted by Crippen LogP contribution is -2.19. The number of anilines is 1. The van der Waals surface area contributed by atoms with Gasteiger partial charge in [-0.1, -0.05) is 0 Å². The molecule has 1 aromatic rings. The minimum Gasteiger partial charge on any atom is -0.379 e. The molecule has 82 valence electrons. The fraction of sp³-hybridized carbons (Fsp3) is 0.556. The SMILES string of the molecule is NC(=O)Cn1cc(NC2CCOC2)cn1. The van der Waals surface area contributed by atoms with Crippen LogP contribution >= 0.6 is 0 Å². The summed E-state index contributed by atoms with van der Waals surface area (Å²) < 4.78 is 6.75. The van der Waals surface area contributed by atoms with Crippen molar-refractivity contribution in [3.05, 3.63) is 12.4 Å². The van der Waals surface area contributed by atoms with Crippen LogP contribution in [0.15, 0.2) is 12.4 Å². The second-order valence-corrected chi connectivity index (χ2v) is 3.60. The highest BCUT2D eigenvalue weighted by Crippen LogP contribution is 2.12. The van der Waals surface area contributed by atoms with Crippen LogP contribution in [0.2, 0.25) is 0 Å². The van der Waals surface area contributed by atoms with E-state index in [9.17, 15) is 4.79 Å². The van der Waals surface area contributed by atoms with Crippen molar-refractivity contribution in [3.63, 3.8) is 0 Å². The van der Waals surface area contributed by atoms with Crippen molar-refractivity contribution >= 4 is 11.6 Å². The van der Waals surface area contributed by atoms with Crippen molar-refractivity contribution < 1.29 is 9.53 Å². The third-order valence-electron chi connectivity index (χ3n) is 2.25. The van der Waals surface area contributed by atoms with E-state index in [1.165, 1.54) is 4.68 Å². The first kappa shape index (κ1) is 9.97. The van der Waals surface area contributed by atoms with Gasteiger partial charge in [0.25, 0.3) is 0 Å². The Morgan fingerprint density at radius 2 is 2.67 bits per heavy atom. The lowest BCUT2D eigenvalue weighted by Gasteiger charge is -2.08. The molecule has 0 saturated carbocycles. The minimum absolute atomic E-state index is 0.114. The molecule has 1 fully saturated rings.